The van der Waals surface area contributed by atoms with E-state index in [0.29, 0.717) is 5.95 Å². The van der Waals surface area contributed by atoms with Gasteiger partial charge in [-0.2, -0.15) is 15.0 Å². The highest BCUT2D eigenvalue weighted by Crippen LogP contribution is 2.26. The van der Waals surface area contributed by atoms with E-state index in [-0.39, 0.29) is 0 Å². The smallest absolute Gasteiger partial charge is 0.230 e. The van der Waals surface area contributed by atoms with Crippen LogP contribution in [0, 0.1) is 5.92 Å². The largest absolute Gasteiger partial charge is 0.368 e. The number of anilines is 2. The van der Waals surface area contributed by atoms with Crippen molar-refractivity contribution >= 4 is 11.9 Å². The Kier molecular flexibility index (Phi) is 4.33. The summed E-state index contributed by atoms with van der Waals surface area (Å²) in [5, 5.41) is 0. The third-order valence-corrected chi connectivity index (χ3v) is 3.51. The number of hydrogen-bond donors (Lipinski definition) is 1. The number of aryl methyl sites for hydroxylation is 1. The summed E-state index contributed by atoms with van der Waals surface area (Å²) in [4.78, 5) is 15.0. The van der Waals surface area contributed by atoms with Gasteiger partial charge in [-0.25, -0.2) is 0 Å². The summed E-state index contributed by atoms with van der Waals surface area (Å²) in [6.07, 6.45) is 7.25. The van der Waals surface area contributed by atoms with Gasteiger partial charge in [0.1, 0.15) is 5.82 Å². The molecule has 1 heterocycles. The van der Waals surface area contributed by atoms with Gasteiger partial charge in [0.25, 0.3) is 0 Å². The van der Waals surface area contributed by atoms with Crippen LogP contribution < -0.4 is 10.6 Å². The molecule has 1 aromatic rings. The van der Waals surface area contributed by atoms with Crippen molar-refractivity contribution < 1.29 is 0 Å². The molecule has 0 aromatic carbocycles. The molecule has 18 heavy (non-hydrogen) atoms. The van der Waals surface area contributed by atoms with E-state index in [1.165, 1.54) is 25.7 Å². The summed E-state index contributed by atoms with van der Waals surface area (Å²) >= 11 is 0. The number of rotatable bonds is 5. The molecule has 2 rings (SSSR count). The molecule has 0 amide bonds. The van der Waals surface area contributed by atoms with E-state index in [4.69, 9.17) is 5.73 Å². The SMILES string of the molecule is CCCc1nc(N)nc(N(C)CC2CCCC2)n1. The minimum atomic E-state index is 0.335. The third kappa shape index (κ3) is 3.31. The average Bonchev–Trinajstić information content (AvgIpc) is 2.81. The second-order valence-electron chi connectivity index (χ2n) is 5.19. The number of nitrogens with zero attached hydrogens (tertiary/aromatic N) is 4. The van der Waals surface area contributed by atoms with Gasteiger partial charge < -0.3 is 10.6 Å². The van der Waals surface area contributed by atoms with Crippen molar-refractivity contribution in [3.63, 3.8) is 0 Å². The predicted octanol–water partition coefficient (Wildman–Crippen LogP) is 2.03. The molecular weight excluding hydrogens is 226 g/mol. The number of nitrogen functional groups attached to an aromatic ring is 1. The summed E-state index contributed by atoms with van der Waals surface area (Å²) < 4.78 is 0. The van der Waals surface area contributed by atoms with Crippen molar-refractivity contribution in [2.45, 2.75) is 45.4 Å². The molecule has 0 saturated heterocycles. The van der Waals surface area contributed by atoms with Crippen molar-refractivity contribution in [3.8, 4) is 0 Å². The summed E-state index contributed by atoms with van der Waals surface area (Å²) in [7, 11) is 2.04. The van der Waals surface area contributed by atoms with Crippen molar-refractivity contribution in [2.24, 2.45) is 5.92 Å². The fraction of sp³-hybridized carbons (Fsp3) is 0.769. The van der Waals surface area contributed by atoms with Crippen LogP contribution in [0.3, 0.4) is 0 Å². The van der Waals surface area contributed by atoms with Gasteiger partial charge in [0.2, 0.25) is 11.9 Å². The molecule has 0 radical (unpaired) electrons. The Hall–Kier alpha value is -1.39. The fourth-order valence-electron chi connectivity index (χ4n) is 2.59. The molecule has 0 spiro atoms. The maximum atomic E-state index is 5.75. The van der Waals surface area contributed by atoms with Crippen LogP contribution in [0.15, 0.2) is 0 Å². The normalized spacial score (nSPS) is 16.1. The quantitative estimate of drug-likeness (QED) is 0.864. The van der Waals surface area contributed by atoms with Crippen LogP contribution in [0.2, 0.25) is 0 Å². The Morgan fingerprint density at radius 1 is 1.22 bits per heavy atom. The van der Waals surface area contributed by atoms with Gasteiger partial charge in [-0.3, -0.25) is 0 Å². The lowest BCUT2D eigenvalue weighted by atomic mass is 10.1. The van der Waals surface area contributed by atoms with Gasteiger partial charge in [-0.05, 0) is 25.2 Å². The molecule has 100 valence electrons. The fourth-order valence-corrected chi connectivity index (χ4v) is 2.59. The lowest BCUT2D eigenvalue weighted by Crippen LogP contribution is -2.26. The number of aromatic nitrogens is 3. The number of nitrogens with two attached hydrogens (primary N) is 1. The molecule has 1 aliphatic carbocycles. The van der Waals surface area contributed by atoms with Crippen LogP contribution in [0.25, 0.3) is 0 Å². The third-order valence-electron chi connectivity index (χ3n) is 3.51. The molecule has 1 fully saturated rings. The summed E-state index contributed by atoms with van der Waals surface area (Å²) in [5.41, 5.74) is 5.75. The summed E-state index contributed by atoms with van der Waals surface area (Å²) in [6.45, 7) is 3.14. The van der Waals surface area contributed by atoms with Crippen LogP contribution in [-0.2, 0) is 6.42 Å². The lowest BCUT2D eigenvalue weighted by Gasteiger charge is -2.21. The number of hydrogen-bond acceptors (Lipinski definition) is 5. The van der Waals surface area contributed by atoms with E-state index < -0.39 is 0 Å². The van der Waals surface area contributed by atoms with Gasteiger partial charge in [-0.1, -0.05) is 19.8 Å². The predicted molar refractivity (Wildman–Crippen MR) is 73.5 cm³/mol. The lowest BCUT2D eigenvalue weighted by molar-refractivity contribution is 0.541. The minimum absolute atomic E-state index is 0.335. The highest BCUT2D eigenvalue weighted by atomic mass is 15.3. The van der Waals surface area contributed by atoms with E-state index in [1.807, 2.05) is 7.05 Å². The molecule has 1 aliphatic rings. The first kappa shape index (κ1) is 13.1. The molecule has 0 unspecified atom stereocenters. The topological polar surface area (TPSA) is 67.9 Å². The Labute approximate surface area is 109 Å². The molecule has 1 aromatic heterocycles. The van der Waals surface area contributed by atoms with Crippen LogP contribution in [0.4, 0.5) is 11.9 Å². The van der Waals surface area contributed by atoms with Crippen LogP contribution >= 0.6 is 0 Å². The standard InChI is InChI=1S/C13H23N5/c1-3-6-11-15-12(14)17-13(16-11)18(2)9-10-7-4-5-8-10/h10H,3-9H2,1-2H3,(H2,14,15,16,17). The Morgan fingerprint density at radius 3 is 2.61 bits per heavy atom. The highest BCUT2D eigenvalue weighted by Gasteiger charge is 2.18. The Morgan fingerprint density at radius 2 is 1.94 bits per heavy atom. The summed E-state index contributed by atoms with van der Waals surface area (Å²) in [5.74, 6) is 2.64. The maximum Gasteiger partial charge on any atom is 0.230 e. The Balaban J connectivity index is 2.05. The van der Waals surface area contributed by atoms with E-state index in [2.05, 4.69) is 26.8 Å². The first-order chi connectivity index (χ1) is 8.69. The van der Waals surface area contributed by atoms with Gasteiger partial charge in [0.15, 0.2) is 0 Å². The zero-order chi connectivity index (χ0) is 13.0. The van der Waals surface area contributed by atoms with Crippen LogP contribution in [-0.4, -0.2) is 28.5 Å². The van der Waals surface area contributed by atoms with E-state index >= 15 is 0 Å². The Bertz CT molecular complexity index is 387. The zero-order valence-electron chi connectivity index (χ0n) is 11.4. The van der Waals surface area contributed by atoms with Crippen molar-refractivity contribution in [2.75, 3.05) is 24.2 Å². The molecule has 5 heteroatoms. The first-order valence-electron chi connectivity index (χ1n) is 6.90. The second kappa shape index (κ2) is 5.98. The minimum Gasteiger partial charge on any atom is -0.368 e. The first-order valence-corrected chi connectivity index (χ1v) is 6.90. The van der Waals surface area contributed by atoms with E-state index in [1.54, 1.807) is 0 Å². The van der Waals surface area contributed by atoms with Gasteiger partial charge in [0, 0.05) is 20.0 Å². The van der Waals surface area contributed by atoms with E-state index in [9.17, 15) is 0 Å². The molecule has 0 aliphatic heterocycles. The monoisotopic (exact) mass is 249 g/mol. The molecular formula is C13H23N5. The molecule has 0 atom stereocenters. The van der Waals surface area contributed by atoms with Crippen LogP contribution in [0.1, 0.15) is 44.9 Å². The van der Waals surface area contributed by atoms with Crippen LogP contribution in [0.5, 0.6) is 0 Å². The van der Waals surface area contributed by atoms with Gasteiger partial charge in [0.05, 0.1) is 0 Å². The van der Waals surface area contributed by atoms with Crippen molar-refractivity contribution in [3.05, 3.63) is 5.82 Å². The van der Waals surface area contributed by atoms with Crippen molar-refractivity contribution in [1.82, 2.24) is 15.0 Å². The molecule has 5 nitrogen and oxygen atoms in total. The van der Waals surface area contributed by atoms with Gasteiger partial charge >= 0.3 is 0 Å². The van der Waals surface area contributed by atoms with E-state index in [0.717, 1.165) is 37.1 Å². The average molecular weight is 249 g/mol. The van der Waals surface area contributed by atoms with Crippen molar-refractivity contribution in [1.29, 1.82) is 0 Å². The maximum absolute atomic E-state index is 5.75. The molecule has 0 bridgehead atoms. The summed E-state index contributed by atoms with van der Waals surface area (Å²) in [6, 6.07) is 0. The highest BCUT2D eigenvalue weighted by molar-refractivity contribution is 5.33. The molecule has 1 saturated carbocycles. The second-order valence-corrected chi connectivity index (χ2v) is 5.19. The zero-order valence-corrected chi connectivity index (χ0v) is 11.4. The molecule has 2 N–H and O–H groups in total. The van der Waals surface area contributed by atoms with Gasteiger partial charge in [-0.15, -0.1) is 0 Å².